The van der Waals surface area contributed by atoms with Gasteiger partial charge in [-0.15, -0.1) is 0 Å². The topological polar surface area (TPSA) is 50.3 Å². The van der Waals surface area contributed by atoms with Crippen LogP contribution in [-0.4, -0.2) is 36.7 Å². The second-order valence-electron chi connectivity index (χ2n) is 5.97. The first kappa shape index (κ1) is 17.8. The zero-order valence-electron chi connectivity index (χ0n) is 12.0. The number of aromatic nitrogens is 1. The molecule has 0 unspecified atom stereocenters. The molecular weight excluding hydrogens is 379 g/mol. The molecule has 134 valence electrons. The van der Waals surface area contributed by atoms with Crippen molar-refractivity contribution >= 4 is 21.6 Å². The molecule has 1 saturated heterocycles. The van der Waals surface area contributed by atoms with Crippen LogP contribution in [-0.2, 0) is 16.2 Å². The van der Waals surface area contributed by atoms with E-state index in [0.717, 1.165) is 4.31 Å². The van der Waals surface area contributed by atoms with Crippen LogP contribution >= 0.6 is 11.6 Å². The van der Waals surface area contributed by atoms with E-state index in [0.29, 0.717) is 12.1 Å². The second kappa shape index (κ2) is 5.50. The van der Waals surface area contributed by atoms with Gasteiger partial charge in [-0.05, 0) is 24.5 Å². The number of hydrogen-bond acceptors (Lipinski definition) is 3. The minimum atomic E-state index is -4.77. The Morgan fingerprint density at radius 3 is 2.46 bits per heavy atom. The summed E-state index contributed by atoms with van der Waals surface area (Å²) >= 11 is 5.61. The van der Waals surface area contributed by atoms with Crippen molar-refractivity contribution in [2.45, 2.75) is 29.8 Å². The van der Waals surface area contributed by atoms with E-state index in [9.17, 15) is 30.4 Å². The predicted octanol–water partition coefficient (Wildman–Crippen LogP) is 3.42. The first-order valence-electron chi connectivity index (χ1n) is 7.04. The van der Waals surface area contributed by atoms with Crippen molar-refractivity contribution in [3.05, 3.63) is 23.0 Å². The summed E-state index contributed by atoms with van der Waals surface area (Å²) in [5.41, 5.74) is -1.32. The Morgan fingerprint density at radius 1 is 1.25 bits per heavy atom. The largest absolute Gasteiger partial charge is 0.433 e. The number of halogens is 6. The van der Waals surface area contributed by atoms with Crippen molar-refractivity contribution in [1.29, 1.82) is 0 Å². The van der Waals surface area contributed by atoms with E-state index in [1.54, 1.807) is 0 Å². The van der Waals surface area contributed by atoms with Crippen LogP contribution in [0.1, 0.15) is 18.5 Å². The van der Waals surface area contributed by atoms with Crippen LogP contribution in [0.3, 0.4) is 0 Å². The minimum Gasteiger partial charge on any atom is -0.230 e. The molecule has 1 saturated carbocycles. The number of pyridine rings is 1. The maximum absolute atomic E-state index is 13.7. The fourth-order valence-corrected chi connectivity index (χ4v) is 5.24. The lowest BCUT2D eigenvalue weighted by Gasteiger charge is -2.20. The molecule has 3 rings (SSSR count). The summed E-state index contributed by atoms with van der Waals surface area (Å²) in [7, 11) is -4.29. The molecule has 2 heterocycles. The molecule has 1 aliphatic carbocycles. The number of rotatable bonds is 2. The van der Waals surface area contributed by atoms with Gasteiger partial charge in [-0.3, -0.25) is 0 Å². The Hall–Kier alpha value is -1.00. The molecule has 1 aromatic heterocycles. The molecule has 0 aromatic carbocycles. The SMILES string of the molecule is O=S(=O)(c1ccc(C(F)(F)F)nc1Cl)N1C[C@@H]2CCC(F)(F)[C@@H]2C1. The van der Waals surface area contributed by atoms with Gasteiger partial charge in [-0.2, -0.15) is 17.5 Å². The van der Waals surface area contributed by atoms with Gasteiger partial charge in [0, 0.05) is 25.4 Å². The first-order chi connectivity index (χ1) is 10.9. The fraction of sp³-hybridized carbons (Fsp3) is 0.615. The first-order valence-corrected chi connectivity index (χ1v) is 8.86. The Bertz CT molecular complexity index is 768. The van der Waals surface area contributed by atoms with Gasteiger partial charge in [0.2, 0.25) is 10.0 Å². The molecule has 2 fully saturated rings. The molecule has 0 spiro atoms. The van der Waals surface area contributed by atoms with Crippen molar-refractivity contribution in [3.8, 4) is 0 Å². The van der Waals surface area contributed by atoms with E-state index in [-0.39, 0.29) is 25.9 Å². The lowest BCUT2D eigenvalue weighted by atomic mass is 9.99. The zero-order chi connectivity index (χ0) is 17.9. The van der Waals surface area contributed by atoms with Crippen molar-refractivity contribution < 1.29 is 30.4 Å². The van der Waals surface area contributed by atoms with Gasteiger partial charge in [0.1, 0.15) is 15.7 Å². The zero-order valence-corrected chi connectivity index (χ0v) is 13.6. The Morgan fingerprint density at radius 2 is 1.92 bits per heavy atom. The maximum atomic E-state index is 13.7. The molecule has 0 bridgehead atoms. The smallest absolute Gasteiger partial charge is 0.230 e. The molecule has 24 heavy (non-hydrogen) atoms. The number of nitrogens with zero attached hydrogens (tertiary/aromatic N) is 2. The van der Waals surface area contributed by atoms with Crippen LogP contribution < -0.4 is 0 Å². The maximum Gasteiger partial charge on any atom is 0.433 e. The van der Waals surface area contributed by atoms with Crippen LogP contribution in [0.5, 0.6) is 0 Å². The molecule has 2 aliphatic rings. The van der Waals surface area contributed by atoms with Gasteiger partial charge in [0.25, 0.3) is 5.92 Å². The molecule has 1 aliphatic heterocycles. The molecule has 2 atom stereocenters. The molecule has 0 amide bonds. The normalized spacial score (nSPS) is 27.4. The van der Waals surface area contributed by atoms with Gasteiger partial charge in [0.05, 0.1) is 0 Å². The highest BCUT2D eigenvalue weighted by atomic mass is 35.5. The van der Waals surface area contributed by atoms with E-state index in [1.807, 2.05) is 0 Å². The Balaban J connectivity index is 1.90. The number of alkyl halides is 5. The van der Waals surface area contributed by atoms with Gasteiger partial charge in [0.15, 0.2) is 0 Å². The highest BCUT2D eigenvalue weighted by Crippen LogP contribution is 2.49. The highest BCUT2D eigenvalue weighted by Gasteiger charge is 2.56. The fourth-order valence-electron chi connectivity index (χ4n) is 3.27. The number of sulfonamides is 1. The van der Waals surface area contributed by atoms with Gasteiger partial charge in [-0.25, -0.2) is 22.2 Å². The summed E-state index contributed by atoms with van der Waals surface area (Å²) in [6, 6.07) is 1.21. The molecule has 0 radical (unpaired) electrons. The average molecular weight is 391 g/mol. The van der Waals surface area contributed by atoms with E-state index in [4.69, 9.17) is 11.6 Å². The summed E-state index contributed by atoms with van der Waals surface area (Å²) in [5.74, 6) is -4.47. The molecular formula is C13H12ClF5N2O2S. The third kappa shape index (κ3) is 2.88. The summed E-state index contributed by atoms with van der Waals surface area (Å²) in [6.45, 7) is -0.475. The van der Waals surface area contributed by atoms with E-state index >= 15 is 0 Å². The van der Waals surface area contributed by atoms with Crippen molar-refractivity contribution in [2.24, 2.45) is 11.8 Å². The standard InChI is InChI=1S/C13H12ClF5N2O2S/c14-11-9(1-2-10(20-11)13(17,18)19)24(22,23)21-5-7-3-4-12(15,16)8(7)6-21/h1-2,7-8H,3-6H2/t7-,8+/m0/s1. The monoisotopic (exact) mass is 390 g/mol. The van der Waals surface area contributed by atoms with E-state index in [2.05, 4.69) is 4.98 Å². The number of fused-ring (bicyclic) bond motifs is 1. The summed E-state index contributed by atoms with van der Waals surface area (Å²) in [4.78, 5) is 2.46. The third-order valence-corrected chi connectivity index (χ3v) is 6.78. The minimum absolute atomic E-state index is 0.0973. The summed E-state index contributed by atoms with van der Waals surface area (Å²) < 4.78 is 91.1. The quantitative estimate of drug-likeness (QED) is 0.574. The predicted molar refractivity (Wildman–Crippen MR) is 74.2 cm³/mol. The van der Waals surface area contributed by atoms with Crippen molar-refractivity contribution in [1.82, 2.24) is 9.29 Å². The van der Waals surface area contributed by atoms with Gasteiger partial charge in [-0.1, -0.05) is 11.6 Å². The number of hydrogen-bond donors (Lipinski definition) is 0. The Labute approximate surface area is 139 Å². The van der Waals surface area contributed by atoms with E-state index < -0.39 is 49.7 Å². The Kier molecular flexibility index (Phi) is 4.08. The molecule has 4 nitrogen and oxygen atoms in total. The average Bonchev–Trinajstić information content (AvgIpc) is 2.99. The van der Waals surface area contributed by atoms with Crippen LogP contribution in [0.2, 0.25) is 5.15 Å². The van der Waals surface area contributed by atoms with Gasteiger partial charge >= 0.3 is 6.18 Å². The second-order valence-corrected chi connectivity index (χ2v) is 8.24. The summed E-state index contributed by atoms with van der Waals surface area (Å²) in [5, 5.41) is -0.825. The summed E-state index contributed by atoms with van der Waals surface area (Å²) in [6.07, 6.45) is -4.83. The molecule has 1 aromatic rings. The van der Waals surface area contributed by atoms with Crippen LogP contribution in [0.25, 0.3) is 0 Å². The van der Waals surface area contributed by atoms with Crippen molar-refractivity contribution in [2.75, 3.05) is 13.1 Å². The molecule has 0 N–H and O–H groups in total. The van der Waals surface area contributed by atoms with Crippen LogP contribution in [0, 0.1) is 11.8 Å². The molecule has 11 heteroatoms. The van der Waals surface area contributed by atoms with Crippen LogP contribution in [0.15, 0.2) is 17.0 Å². The van der Waals surface area contributed by atoms with Crippen LogP contribution in [0.4, 0.5) is 22.0 Å². The third-order valence-electron chi connectivity index (χ3n) is 4.52. The van der Waals surface area contributed by atoms with E-state index in [1.165, 1.54) is 0 Å². The highest BCUT2D eigenvalue weighted by molar-refractivity contribution is 7.89. The lowest BCUT2D eigenvalue weighted by molar-refractivity contribution is -0.141. The van der Waals surface area contributed by atoms with Crippen molar-refractivity contribution in [3.63, 3.8) is 0 Å². The van der Waals surface area contributed by atoms with Gasteiger partial charge < -0.3 is 0 Å². The lowest BCUT2D eigenvalue weighted by Crippen LogP contribution is -2.33.